The summed E-state index contributed by atoms with van der Waals surface area (Å²) < 4.78 is 4.70. The average molecular weight is 278 g/mol. The number of methoxy groups -OCH3 is 1. The molecule has 0 unspecified atom stereocenters. The van der Waals surface area contributed by atoms with Crippen molar-refractivity contribution in [2.24, 2.45) is 0 Å². The van der Waals surface area contributed by atoms with E-state index in [1.165, 1.54) is 13.3 Å². The summed E-state index contributed by atoms with van der Waals surface area (Å²) in [7, 11) is 1.32. The van der Waals surface area contributed by atoms with Crippen molar-refractivity contribution in [1.29, 1.82) is 0 Å². The molecular weight excluding hydrogens is 264 g/mol. The lowest BCUT2D eigenvalue weighted by molar-refractivity contribution is 0.0601. The highest BCUT2D eigenvalue weighted by Crippen LogP contribution is 2.16. The Balaban J connectivity index is 2.04. The van der Waals surface area contributed by atoms with E-state index >= 15 is 0 Å². The molecule has 0 aliphatic carbocycles. The molecule has 2 aromatic heterocycles. The number of nitrogens with two attached hydrogens (primary N) is 1. The van der Waals surface area contributed by atoms with E-state index in [2.05, 4.69) is 15.3 Å². The zero-order valence-corrected chi connectivity index (χ0v) is 11.2. The molecule has 0 amide bonds. The third-order valence-electron chi connectivity index (χ3n) is 2.47. The van der Waals surface area contributed by atoms with Gasteiger partial charge in [0.1, 0.15) is 11.4 Å². The molecule has 6 nitrogen and oxygen atoms in total. The Labute approximate surface area is 114 Å². The number of ether oxygens (including phenoxy) is 1. The second-order valence-electron chi connectivity index (χ2n) is 3.81. The highest BCUT2D eigenvalue weighted by Gasteiger charge is 2.13. The van der Waals surface area contributed by atoms with Gasteiger partial charge >= 0.3 is 5.97 Å². The summed E-state index contributed by atoms with van der Waals surface area (Å²) in [6.07, 6.45) is 2.26. The number of anilines is 2. The van der Waals surface area contributed by atoms with Crippen LogP contribution in [-0.2, 0) is 11.2 Å². The van der Waals surface area contributed by atoms with Crippen molar-refractivity contribution in [3.63, 3.8) is 0 Å². The number of nitrogens with zero attached hydrogens (tertiary/aromatic N) is 2. The third kappa shape index (κ3) is 3.41. The van der Waals surface area contributed by atoms with Crippen LogP contribution in [0.3, 0.4) is 0 Å². The van der Waals surface area contributed by atoms with Crippen LogP contribution in [0.25, 0.3) is 0 Å². The zero-order chi connectivity index (χ0) is 13.7. The summed E-state index contributed by atoms with van der Waals surface area (Å²) in [5.41, 5.74) is 9.17. The van der Waals surface area contributed by atoms with Crippen LogP contribution in [0.4, 0.5) is 11.5 Å². The maximum Gasteiger partial charge on any atom is 0.341 e. The predicted octanol–water partition coefficient (Wildman–Crippen LogP) is 1.56. The second-order valence-corrected chi connectivity index (χ2v) is 4.53. The Morgan fingerprint density at radius 3 is 3.05 bits per heavy atom. The smallest absolute Gasteiger partial charge is 0.341 e. The van der Waals surface area contributed by atoms with Crippen LogP contribution < -0.4 is 11.1 Å². The number of esters is 1. The number of carbonyl (C=O) groups is 1. The van der Waals surface area contributed by atoms with Crippen molar-refractivity contribution >= 4 is 28.8 Å². The summed E-state index contributed by atoms with van der Waals surface area (Å²) in [6, 6.07) is 1.55. The number of carbonyl (C=O) groups excluding carboxylic acids is 1. The summed E-state index contributed by atoms with van der Waals surface area (Å²) in [5, 5.41) is 5.08. The molecule has 0 bridgehead atoms. The minimum absolute atomic E-state index is 0.334. The van der Waals surface area contributed by atoms with Crippen LogP contribution in [0.15, 0.2) is 23.2 Å². The molecule has 0 atom stereocenters. The molecule has 19 heavy (non-hydrogen) atoms. The molecule has 2 heterocycles. The Bertz CT molecular complexity index is 557. The normalized spacial score (nSPS) is 10.2. The predicted molar refractivity (Wildman–Crippen MR) is 74.3 cm³/mol. The quantitative estimate of drug-likeness (QED) is 0.807. The van der Waals surface area contributed by atoms with Crippen LogP contribution in [0.5, 0.6) is 0 Å². The van der Waals surface area contributed by atoms with Gasteiger partial charge < -0.3 is 15.8 Å². The SMILES string of the molecule is COC(=O)c1cc(N)cnc1NCCc1cscn1. The fourth-order valence-electron chi connectivity index (χ4n) is 1.56. The number of thiazole rings is 1. The average Bonchev–Trinajstić information content (AvgIpc) is 2.92. The summed E-state index contributed by atoms with van der Waals surface area (Å²) in [4.78, 5) is 19.9. The minimum atomic E-state index is -0.462. The van der Waals surface area contributed by atoms with Crippen LogP contribution in [0, 0.1) is 0 Å². The first kappa shape index (κ1) is 13.3. The van der Waals surface area contributed by atoms with E-state index in [1.807, 2.05) is 5.38 Å². The van der Waals surface area contributed by atoms with Gasteiger partial charge in [0.15, 0.2) is 0 Å². The molecule has 7 heteroatoms. The van der Waals surface area contributed by atoms with Gasteiger partial charge in [-0.05, 0) is 6.07 Å². The standard InChI is InChI=1S/C12H14N4O2S/c1-18-12(17)10-4-8(13)5-15-11(10)14-3-2-9-6-19-7-16-9/h4-7H,2-3,13H2,1H3,(H,14,15). The number of nitrogens with one attached hydrogen (secondary N) is 1. The van der Waals surface area contributed by atoms with Crippen molar-refractivity contribution in [3.05, 3.63) is 34.4 Å². The molecule has 0 saturated heterocycles. The topological polar surface area (TPSA) is 90.1 Å². The van der Waals surface area contributed by atoms with Gasteiger partial charge in [0.05, 0.1) is 30.2 Å². The lowest BCUT2D eigenvalue weighted by Gasteiger charge is -2.09. The van der Waals surface area contributed by atoms with Crippen LogP contribution in [0.1, 0.15) is 16.1 Å². The number of rotatable bonds is 5. The van der Waals surface area contributed by atoms with E-state index in [0.717, 1.165) is 12.1 Å². The third-order valence-corrected chi connectivity index (χ3v) is 3.11. The van der Waals surface area contributed by atoms with E-state index in [1.54, 1.807) is 22.9 Å². The maximum absolute atomic E-state index is 11.6. The first-order valence-electron chi connectivity index (χ1n) is 5.65. The van der Waals surface area contributed by atoms with Crippen LogP contribution in [0.2, 0.25) is 0 Å². The highest BCUT2D eigenvalue weighted by molar-refractivity contribution is 7.07. The molecule has 2 rings (SSSR count). The van der Waals surface area contributed by atoms with Gasteiger partial charge in [-0.2, -0.15) is 0 Å². The number of aromatic nitrogens is 2. The molecule has 0 saturated carbocycles. The molecule has 0 spiro atoms. The van der Waals surface area contributed by atoms with Crippen molar-refractivity contribution < 1.29 is 9.53 Å². The summed E-state index contributed by atoms with van der Waals surface area (Å²) >= 11 is 1.55. The van der Waals surface area contributed by atoms with E-state index in [4.69, 9.17) is 10.5 Å². The van der Waals surface area contributed by atoms with Gasteiger partial charge in [0, 0.05) is 18.3 Å². The molecule has 0 aliphatic heterocycles. The lowest BCUT2D eigenvalue weighted by Crippen LogP contribution is -2.13. The minimum Gasteiger partial charge on any atom is -0.465 e. The van der Waals surface area contributed by atoms with Crippen molar-refractivity contribution in [3.8, 4) is 0 Å². The molecule has 0 fully saturated rings. The van der Waals surface area contributed by atoms with Gasteiger partial charge in [-0.3, -0.25) is 0 Å². The summed E-state index contributed by atoms with van der Waals surface area (Å²) in [6.45, 7) is 0.630. The Morgan fingerprint density at radius 1 is 1.53 bits per heavy atom. The number of nitrogen functional groups attached to an aromatic ring is 1. The number of hydrogen-bond donors (Lipinski definition) is 2. The van der Waals surface area contributed by atoms with Gasteiger partial charge in [-0.15, -0.1) is 11.3 Å². The van der Waals surface area contributed by atoms with Crippen LogP contribution in [-0.4, -0.2) is 29.6 Å². The molecule has 0 aliphatic rings. The fraction of sp³-hybridized carbons (Fsp3) is 0.250. The maximum atomic E-state index is 11.6. The van der Waals surface area contributed by atoms with Gasteiger partial charge in [0.2, 0.25) is 0 Å². The first-order chi connectivity index (χ1) is 9.20. The Kier molecular flexibility index (Phi) is 4.30. The Morgan fingerprint density at radius 2 is 2.37 bits per heavy atom. The Hall–Kier alpha value is -2.15. The molecule has 100 valence electrons. The summed E-state index contributed by atoms with van der Waals surface area (Å²) in [5.74, 6) is 0.00670. The lowest BCUT2D eigenvalue weighted by atomic mass is 10.2. The zero-order valence-electron chi connectivity index (χ0n) is 10.4. The van der Waals surface area contributed by atoms with Gasteiger partial charge in [0.25, 0.3) is 0 Å². The molecule has 2 aromatic rings. The van der Waals surface area contributed by atoms with Gasteiger partial charge in [-0.25, -0.2) is 14.8 Å². The van der Waals surface area contributed by atoms with Crippen molar-refractivity contribution in [2.75, 3.05) is 24.7 Å². The molecule has 0 aromatic carbocycles. The highest BCUT2D eigenvalue weighted by atomic mass is 32.1. The number of pyridine rings is 1. The first-order valence-corrected chi connectivity index (χ1v) is 6.59. The molecular formula is C12H14N4O2S. The van der Waals surface area contributed by atoms with E-state index in [-0.39, 0.29) is 0 Å². The molecule has 3 N–H and O–H groups in total. The van der Waals surface area contributed by atoms with Gasteiger partial charge in [-0.1, -0.05) is 0 Å². The van der Waals surface area contributed by atoms with Crippen molar-refractivity contribution in [1.82, 2.24) is 9.97 Å². The monoisotopic (exact) mass is 278 g/mol. The molecule has 0 radical (unpaired) electrons. The fourth-order valence-corrected chi connectivity index (χ4v) is 2.15. The van der Waals surface area contributed by atoms with E-state index in [9.17, 15) is 4.79 Å². The number of hydrogen-bond acceptors (Lipinski definition) is 7. The largest absolute Gasteiger partial charge is 0.465 e. The van der Waals surface area contributed by atoms with Crippen LogP contribution >= 0.6 is 11.3 Å². The van der Waals surface area contributed by atoms with E-state index in [0.29, 0.717) is 23.6 Å². The second kappa shape index (κ2) is 6.14. The van der Waals surface area contributed by atoms with Crippen molar-refractivity contribution in [2.45, 2.75) is 6.42 Å². The van der Waals surface area contributed by atoms with E-state index < -0.39 is 5.97 Å².